The molecular weight excluding hydrogens is 450 g/mol. The van der Waals surface area contributed by atoms with Gasteiger partial charge in [0.2, 0.25) is 0 Å². The quantitative estimate of drug-likeness (QED) is 0.332. The molecule has 0 bridgehead atoms. The van der Waals surface area contributed by atoms with Crippen LogP contribution in [0.5, 0.6) is 10.8 Å². The topological polar surface area (TPSA) is 79.2 Å². The summed E-state index contributed by atoms with van der Waals surface area (Å²) >= 11 is 1.27. The van der Waals surface area contributed by atoms with Gasteiger partial charge in [0.1, 0.15) is 12.4 Å². The fourth-order valence-corrected chi connectivity index (χ4v) is 4.80. The molecule has 0 aliphatic carbocycles. The number of carboxylic acid groups (broad SMARTS) is 1. The Bertz CT molecular complexity index is 1130. The zero-order chi connectivity index (χ0) is 24.9. The lowest BCUT2D eigenvalue weighted by Crippen LogP contribution is -2.26. The molecule has 2 N–H and O–H groups in total. The van der Waals surface area contributed by atoms with Crippen LogP contribution in [0.1, 0.15) is 40.2 Å². The highest BCUT2D eigenvalue weighted by molar-refractivity contribution is 7.17. The molecule has 0 unspecified atom stereocenters. The van der Waals surface area contributed by atoms with Crippen molar-refractivity contribution in [2.24, 2.45) is 0 Å². The molecular formula is C27H33NO5S. The van der Waals surface area contributed by atoms with Crippen molar-refractivity contribution in [2.45, 2.75) is 40.0 Å². The molecule has 1 aromatic heterocycles. The molecule has 3 aromatic rings. The first-order chi connectivity index (χ1) is 16.2. The number of benzene rings is 2. The SMILES string of the molecule is CCN(CC)c1ccc(-c2cc(-c3ccc(OC(=O)O)s3)ccc2OCCO)cc1C(C)(C)C. The molecule has 6 nitrogen and oxygen atoms in total. The molecule has 0 aliphatic heterocycles. The van der Waals surface area contributed by atoms with Crippen molar-refractivity contribution in [3.63, 3.8) is 0 Å². The first-order valence-corrected chi connectivity index (χ1v) is 12.3. The van der Waals surface area contributed by atoms with Crippen LogP contribution < -0.4 is 14.4 Å². The third-order valence-electron chi connectivity index (χ3n) is 5.60. The van der Waals surface area contributed by atoms with Gasteiger partial charge in [0, 0.05) is 29.2 Å². The van der Waals surface area contributed by atoms with E-state index in [9.17, 15) is 9.90 Å². The second-order valence-corrected chi connectivity index (χ2v) is 9.97. The van der Waals surface area contributed by atoms with Gasteiger partial charge in [-0.1, -0.05) is 38.2 Å². The van der Waals surface area contributed by atoms with Crippen LogP contribution in [0, 0.1) is 0 Å². The maximum Gasteiger partial charge on any atom is 0.512 e. The monoisotopic (exact) mass is 483 g/mol. The summed E-state index contributed by atoms with van der Waals surface area (Å²) in [6.07, 6.45) is -1.33. The molecule has 0 radical (unpaired) electrons. The number of carbonyl (C=O) groups is 1. The molecule has 0 fully saturated rings. The number of rotatable bonds is 9. The maximum absolute atomic E-state index is 10.9. The first-order valence-electron chi connectivity index (χ1n) is 11.5. The van der Waals surface area contributed by atoms with E-state index in [1.165, 1.54) is 22.6 Å². The van der Waals surface area contributed by atoms with Crippen molar-refractivity contribution >= 4 is 23.2 Å². The summed E-state index contributed by atoms with van der Waals surface area (Å²) in [5.74, 6) is 0.687. The number of aliphatic hydroxyl groups is 1. The number of thiophene rings is 1. The van der Waals surface area contributed by atoms with Gasteiger partial charge in [-0.3, -0.25) is 0 Å². The van der Waals surface area contributed by atoms with Crippen LogP contribution in [0.4, 0.5) is 10.5 Å². The van der Waals surface area contributed by atoms with Gasteiger partial charge < -0.3 is 24.6 Å². The smallest absolute Gasteiger partial charge is 0.491 e. The van der Waals surface area contributed by atoms with Crippen molar-refractivity contribution in [3.8, 4) is 32.4 Å². The fraction of sp³-hybridized carbons (Fsp3) is 0.370. The minimum absolute atomic E-state index is 0.0610. The highest BCUT2D eigenvalue weighted by Crippen LogP contribution is 2.41. The van der Waals surface area contributed by atoms with E-state index in [0.717, 1.165) is 34.7 Å². The second kappa shape index (κ2) is 10.9. The van der Waals surface area contributed by atoms with Crippen LogP contribution in [0.2, 0.25) is 0 Å². The number of nitrogens with zero attached hydrogens (tertiary/aromatic N) is 1. The largest absolute Gasteiger partial charge is 0.512 e. The Morgan fingerprint density at radius 2 is 1.71 bits per heavy atom. The van der Waals surface area contributed by atoms with E-state index in [-0.39, 0.29) is 18.6 Å². The molecule has 1 heterocycles. The zero-order valence-corrected chi connectivity index (χ0v) is 21.2. The van der Waals surface area contributed by atoms with E-state index in [1.54, 1.807) is 6.07 Å². The molecule has 2 aromatic carbocycles. The summed E-state index contributed by atoms with van der Waals surface area (Å²) in [5, 5.41) is 18.5. The predicted molar refractivity (Wildman–Crippen MR) is 139 cm³/mol. The Balaban J connectivity index is 2.13. The minimum atomic E-state index is -1.33. The van der Waals surface area contributed by atoms with Crippen molar-refractivity contribution in [1.82, 2.24) is 0 Å². The van der Waals surface area contributed by atoms with Crippen LogP contribution in [0.15, 0.2) is 48.5 Å². The van der Waals surface area contributed by atoms with Gasteiger partial charge >= 0.3 is 6.16 Å². The van der Waals surface area contributed by atoms with Crippen LogP contribution >= 0.6 is 11.3 Å². The molecule has 34 heavy (non-hydrogen) atoms. The summed E-state index contributed by atoms with van der Waals surface area (Å²) in [5.41, 5.74) is 5.28. The lowest BCUT2D eigenvalue weighted by atomic mass is 9.83. The zero-order valence-electron chi connectivity index (χ0n) is 20.4. The number of hydrogen-bond donors (Lipinski definition) is 2. The van der Waals surface area contributed by atoms with Crippen LogP contribution in [-0.2, 0) is 5.41 Å². The predicted octanol–water partition coefficient (Wildman–Crippen LogP) is 6.65. The Labute approximate surface area is 205 Å². The van der Waals surface area contributed by atoms with E-state index in [4.69, 9.17) is 14.6 Å². The van der Waals surface area contributed by atoms with Crippen LogP contribution in [0.3, 0.4) is 0 Å². The maximum atomic E-state index is 10.9. The summed E-state index contributed by atoms with van der Waals surface area (Å²) in [6.45, 7) is 13.0. The van der Waals surface area contributed by atoms with Crippen molar-refractivity contribution < 1.29 is 24.5 Å². The third kappa shape index (κ3) is 5.90. The standard InChI is InChI=1S/C27H33NO5S/c1-6-28(7-2)22-10-8-18(17-21(22)27(3,4)5)20-16-19(9-11-23(20)32-15-14-29)24-12-13-25(34-24)33-26(30)31/h8-13,16-17,29H,6-7,14-15H2,1-5H3,(H,30,31). The molecule has 0 amide bonds. The minimum Gasteiger partial charge on any atom is -0.491 e. The van der Waals surface area contributed by atoms with E-state index in [1.807, 2.05) is 24.3 Å². The highest BCUT2D eigenvalue weighted by atomic mass is 32.1. The Morgan fingerprint density at radius 1 is 1.00 bits per heavy atom. The average molecular weight is 484 g/mol. The Hall–Kier alpha value is -3.03. The lowest BCUT2D eigenvalue weighted by Gasteiger charge is -2.31. The molecule has 0 atom stereocenters. The van der Waals surface area contributed by atoms with Crippen molar-refractivity contribution in [2.75, 3.05) is 31.2 Å². The van der Waals surface area contributed by atoms with Crippen LogP contribution in [-0.4, -0.2) is 42.7 Å². The van der Waals surface area contributed by atoms with Gasteiger partial charge in [0.05, 0.1) is 6.61 Å². The van der Waals surface area contributed by atoms with E-state index in [2.05, 4.69) is 57.7 Å². The first kappa shape index (κ1) is 25.6. The van der Waals surface area contributed by atoms with Gasteiger partial charge in [-0.15, -0.1) is 0 Å². The molecule has 0 saturated carbocycles. The van der Waals surface area contributed by atoms with Gasteiger partial charge in [0.25, 0.3) is 0 Å². The number of ether oxygens (including phenoxy) is 2. The summed E-state index contributed by atoms with van der Waals surface area (Å²) in [6, 6.07) is 15.9. The summed E-state index contributed by atoms with van der Waals surface area (Å²) in [7, 11) is 0. The second-order valence-electron chi connectivity index (χ2n) is 8.92. The van der Waals surface area contributed by atoms with Crippen LogP contribution in [0.25, 0.3) is 21.6 Å². The Kier molecular flexibility index (Phi) is 8.23. The normalized spacial score (nSPS) is 11.4. The summed E-state index contributed by atoms with van der Waals surface area (Å²) < 4.78 is 10.7. The summed E-state index contributed by atoms with van der Waals surface area (Å²) in [4.78, 5) is 14.1. The van der Waals surface area contributed by atoms with Gasteiger partial charge in [-0.2, -0.15) is 0 Å². The van der Waals surface area contributed by atoms with E-state index in [0.29, 0.717) is 10.8 Å². The van der Waals surface area contributed by atoms with Crippen molar-refractivity contribution in [3.05, 3.63) is 54.1 Å². The highest BCUT2D eigenvalue weighted by Gasteiger charge is 2.22. The Morgan fingerprint density at radius 3 is 2.32 bits per heavy atom. The average Bonchev–Trinajstić information content (AvgIpc) is 3.25. The number of hydrogen-bond acceptors (Lipinski definition) is 6. The van der Waals surface area contributed by atoms with E-state index >= 15 is 0 Å². The molecule has 0 spiro atoms. The van der Waals surface area contributed by atoms with Gasteiger partial charge in [0.15, 0.2) is 5.06 Å². The van der Waals surface area contributed by atoms with E-state index < -0.39 is 6.16 Å². The van der Waals surface area contributed by atoms with Crippen molar-refractivity contribution in [1.29, 1.82) is 0 Å². The lowest BCUT2D eigenvalue weighted by molar-refractivity contribution is 0.146. The molecule has 0 saturated heterocycles. The molecule has 7 heteroatoms. The number of aliphatic hydroxyl groups excluding tert-OH is 1. The third-order valence-corrected chi connectivity index (χ3v) is 6.61. The number of anilines is 1. The van der Waals surface area contributed by atoms with Gasteiger partial charge in [-0.05, 0) is 78.4 Å². The molecule has 182 valence electrons. The molecule has 0 aliphatic rings. The molecule has 3 rings (SSSR count). The van der Waals surface area contributed by atoms with Gasteiger partial charge in [-0.25, -0.2) is 4.79 Å². The fourth-order valence-electron chi connectivity index (χ4n) is 3.95.